The summed E-state index contributed by atoms with van der Waals surface area (Å²) in [5, 5.41) is 7.60. The zero-order valence-corrected chi connectivity index (χ0v) is 17.6. The predicted octanol–water partition coefficient (Wildman–Crippen LogP) is 2.17. The van der Waals surface area contributed by atoms with Crippen LogP contribution in [0, 0.1) is 0 Å². The number of fused-ring (bicyclic) bond motifs is 1. The van der Waals surface area contributed by atoms with E-state index in [0.29, 0.717) is 43.4 Å². The molecule has 31 heavy (non-hydrogen) atoms. The van der Waals surface area contributed by atoms with Crippen molar-refractivity contribution < 1.29 is 19.0 Å². The molecule has 3 heterocycles. The van der Waals surface area contributed by atoms with Crippen LogP contribution in [0.3, 0.4) is 0 Å². The lowest BCUT2D eigenvalue weighted by atomic mass is 9.97. The van der Waals surface area contributed by atoms with Gasteiger partial charge >= 0.3 is 11.7 Å². The van der Waals surface area contributed by atoms with E-state index >= 15 is 0 Å². The molecule has 1 atom stereocenters. The Morgan fingerprint density at radius 1 is 1.26 bits per heavy atom. The van der Waals surface area contributed by atoms with Crippen LogP contribution >= 0.6 is 0 Å². The fourth-order valence-electron chi connectivity index (χ4n) is 4.26. The zero-order chi connectivity index (χ0) is 21.4. The number of aromatic nitrogens is 3. The lowest BCUT2D eigenvalue weighted by Crippen LogP contribution is -2.42. The standard InChI is InChI=1S/C21H27N5O5/c1-29-10-9-25-21(28)26(16-5-6-16)19(23-25)14-3-2-8-24(12-14)20(27)22-15-4-7-17-18(11-15)31-13-30-17/h4,7,11,14,16H,2-3,5-6,8-10,12-13H2,1H3,(H,22,27). The van der Waals surface area contributed by atoms with Gasteiger partial charge in [-0.1, -0.05) is 0 Å². The Morgan fingerprint density at radius 2 is 2.10 bits per heavy atom. The number of likely N-dealkylation sites (tertiary alicyclic amines) is 1. The molecular formula is C21H27N5O5. The molecule has 5 rings (SSSR count). The van der Waals surface area contributed by atoms with Gasteiger partial charge in [-0.15, -0.1) is 0 Å². The van der Waals surface area contributed by atoms with Crippen LogP contribution in [-0.4, -0.2) is 58.9 Å². The number of hydrogen-bond acceptors (Lipinski definition) is 6. The third-order valence-corrected chi connectivity index (χ3v) is 6.01. The van der Waals surface area contributed by atoms with Crippen molar-refractivity contribution in [2.24, 2.45) is 0 Å². The van der Waals surface area contributed by atoms with E-state index in [9.17, 15) is 9.59 Å². The minimum atomic E-state index is -0.164. The van der Waals surface area contributed by atoms with Crippen molar-refractivity contribution in [3.8, 4) is 11.5 Å². The van der Waals surface area contributed by atoms with E-state index in [0.717, 1.165) is 31.5 Å². The number of amides is 2. The molecule has 1 saturated heterocycles. The number of carbonyl (C=O) groups is 1. The van der Waals surface area contributed by atoms with Crippen LogP contribution in [0.15, 0.2) is 23.0 Å². The molecule has 10 nitrogen and oxygen atoms in total. The number of piperidine rings is 1. The average molecular weight is 429 g/mol. The number of rotatable bonds is 6. The first-order valence-corrected chi connectivity index (χ1v) is 10.8. The summed E-state index contributed by atoms with van der Waals surface area (Å²) in [6.45, 7) is 2.27. The summed E-state index contributed by atoms with van der Waals surface area (Å²) in [5.74, 6) is 2.14. The molecule has 1 aliphatic carbocycles. The molecular weight excluding hydrogens is 402 g/mol. The first-order chi connectivity index (χ1) is 15.1. The minimum Gasteiger partial charge on any atom is -0.454 e. The Kier molecular flexibility index (Phi) is 5.31. The van der Waals surface area contributed by atoms with E-state index in [1.54, 1.807) is 30.2 Å². The largest absolute Gasteiger partial charge is 0.454 e. The van der Waals surface area contributed by atoms with Crippen LogP contribution in [0.5, 0.6) is 11.5 Å². The van der Waals surface area contributed by atoms with E-state index in [4.69, 9.17) is 14.2 Å². The molecule has 2 aromatic rings. The summed E-state index contributed by atoms with van der Waals surface area (Å²) in [6, 6.07) is 5.43. The van der Waals surface area contributed by atoms with E-state index in [-0.39, 0.29) is 30.5 Å². The third kappa shape index (κ3) is 3.99. The number of benzene rings is 1. The summed E-state index contributed by atoms with van der Waals surface area (Å²) < 4.78 is 19.2. The number of carbonyl (C=O) groups excluding carboxylic acids is 1. The van der Waals surface area contributed by atoms with Crippen molar-refractivity contribution in [3.05, 3.63) is 34.5 Å². The summed E-state index contributed by atoms with van der Waals surface area (Å²) in [7, 11) is 1.61. The quantitative estimate of drug-likeness (QED) is 0.756. The predicted molar refractivity (Wildman–Crippen MR) is 112 cm³/mol. The number of nitrogens with one attached hydrogen (secondary N) is 1. The second-order valence-electron chi connectivity index (χ2n) is 8.24. The van der Waals surface area contributed by atoms with Gasteiger partial charge in [-0.25, -0.2) is 14.3 Å². The van der Waals surface area contributed by atoms with Gasteiger partial charge in [-0.05, 0) is 37.8 Å². The maximum Gasteiger partial charge on any atom is 0.346 e. The van der Waals surface area contributed by atoms with E-state index < -0.39 is 0 Å². The molecule has 0 spiro atoms. The molecule has 0 radical (unpaired) electrons. The first-order valence-electron chi connectivity index (χ1n) is 10.8. The van der Waals surface area contributed by atoms with Crippen LogP contribution in [0.2, 0.25) is 0 Å². The van der Waals surface area contributed by atoms with Gasteiger partial charge in [0.25, 0.3) is 0 Å². The molecule has 1 aromatic carbocycles. The molecule has 2 aliphatic heterocycles. The van der Waals surface area contributed by atoms with Crippen molar-refractivity contribution in [1.29, 1.82) is 0 Å². The molecule has 0 bridgehead atoms. The molecule has 3 aliphatic rings. The van der Waals surface area contributed by atoms with Crippen LogP contribution < -0.4 is 20.5 Å². The van der Waals surface area contributed by atoms with Gasteiger partial charge in [0.2, 0.25) is 6.79 Å². The number of nitrogens with zero attached hydrogens (tertiary/aromatic N) is 4. The number of anilines is 1. The fourth-order valence-corrected chi connectivity index (χ4v) is 4.26. The number of urea groups is 1. The Hall–Kier alpha value is -3.01. The summed E-state index contributed by atoms with van der Waals surface area (Å²) in [6.07, 6.45) is 3.78. The second kappa shape index (κ2) is 8.26. The van der Waals surface area contributed by atoms with Crippen molar-refractivity contribution in [3.63, 3.8) is 0 Å². The van der Waals surface area contributed by atoms with E-state index in [1.807, 2.05) is 4.57 Å². The lowest BCUT2D eigenvalue weighted by molar-refractivity contribution is 0.174. The monoisotopic (exact) mass is 429 g/mol. The smallest absolute Gasteiger partial charge is 0.346 e. The number of hydrogen-bond donors (Lipinski definition) is 1. The van der Waals surface area contributed by atoms with Crippen LogP contribution in [0.1, 0.15) is 43.5 Å². The molecule has 2 amide bonds. The zero-order valence-electron chi connectivity index (χ0n) is 17.6. The van der Waals surface area contributed by atoms with Crippen molar-refractivity contribution in [2.75, 3.05) is 38.9 Å². The van der Waals surface area contributed by atoms with Crippen LogP contribution in [0.25, 0.3) is 0 Å². The van der Waals surface area contributed by atoms with E-state index in [1.165, 1.54) is 4.68 Å². The highest BCUT2D eigenvalue weighted by atomic mass is 16.7. The summed E-state index contributed by atoms with van der Waals surface area (Å²) >= 11 is 0. The first kappa shape index (κ1) is 19.9. The van der Waals surface area contributed by atoms with E-state index in [2.05, 4.69) is 10.4 Å². The normalized spacial score (nSPS) is 20.2. The van der Waals surface area contributed by atoms with Crippen LogP contribution in [0.4, 0.5) is 10.5 Å². The van der Waals surface area contributed by atoms with Gasteiger partial charge < -0.3 is 24.4 Å². The highest BCUT2D eigenvalue weighted by Gasteiger charge is 2.35. The molecule has 1 saturated carbocycles. The highest BCUT2D eigenvalue weighted by molar-refractivity contribution is 5.89. The van der Waals surface area contributed by atoms with Gasteiger partial charge in [0.15, 0.2) is 11.5 Å². The number of ether oxygens (including phenoxy) is 3. The Balaban J connectivity index is 1.31. The molecule has 10 heteroatoms. The van der Waals surface area contributed by atoms with Crippen LogP contribution in [-0.2, 0) is 11.3 Å². The fraction of sp³-hybridized carbons (Fsp3) is 0.571. The van der Waals surface area contributed by atoms with Crippen molar-refractivity contribution in [2.45, 2.75) is 44.2 Å². The van der Waals surface area contributed by atoms with Crippen molar-refractivity contribution >= 4 is 11.7 Å². The Morgan fingerprint density at radius 3 is 2.90 bits per heavy atom. The topological polar surface area (TPSA) is 99.8 Å². The summed E-state index contributed by atoms with van der Waals surface area (Å²) in [5.41, 5.74) is 0.589. The third-order valence-electron chi connectivity index (χ3n) is 6.01. The molecule has 1 unspecified atom stereocenters. The Labute approximate surface area is 179 Å². The maximum absolute atomic E-state index is 12.9. The summed E-state index contributed by atoms with van der Waals surface area (Å²) in [4.78, 5) is 27.6. The van der Waals surface area contributed by atoms with Crippen molar-refractivity contribution in [1.82, 2.24) is 19.2 Å². The van der Waals surface area contributed by atoms with Gasteiger partial charge in [0.1, 0.15) is 5.82 Å². The minimum absolute atomic E-state index is 0.0355. The number of methoxy groups -OCH3 is 1. The van der Waals surface area contributed by atoms with Gasteiger partial charge in [0.05, 0.1) is 13.2 Å². The maximum atomic E-state index is 12.9. The molecule has 2 fully saturated rings. The molecule has 1 aromatic heterocycles. The molecule has 166 valence electrons. The SMILES string of the molecule is COCCn1nc(C2CCCN(C(=O)Nc3ccc4c(c3)OCO4)C2)n(C2CC2)c1=O. The van der Waals surface area contributed by atoms with Gasteiger partial charge in [-0.3, -0.25) is 4.57 Å². The lowest BCUT2D eigenvalue weighted by Gasteiger charge is -2.32. The molecule has 1 N–H and O–H groups in total. The average Bonchev–Trinajstić information content (AvgIpc) is 3.41. The second-order valence-corrected chi connectivity index (χ2v) is 8.24. The highest BCUT2D eigenvalue weighted by Crippen LogP contribution is 2.37. The van der Waals surface area contributed by atoms with Gasteiger partial charge in [0, 0.05) is 43.9 Å². The Bertz CT molecular complexity index is 1030. The van der Waals surface area contributed by atoms with Gasteiger partial charge in [-0.2, -0.15) is 5.10 Å².